The summed E-state index contributed by atoms with van der Waals surface area (Å²) in [5, 5.41) is 18.2. The number of β-amino-alcohol motifs (C(OH)–C–C–N with tert-alkyl or cyclic N) is 1. The smallest absolute Gasteiger partial charge is 0.345 e. The molecule has 0 aromatic carbocycles. The van der Waals surface area contributed by atoms with Crippen molar-refractivity contribution in [3.63, 3.8) is 0 Å². The summed E-state index contributed by atoms with van der Waals surface area (Å²) in [6, 6.07) is 0. The van der Waals surface area contributed by atoms with Crippen molar-refractivity contribution in [3.8, 4) is 0 Å². The zero-order valence-electron chi connectivity index (χ0n) is 15.5. The molecule has 0 fully saturated rings. The highest BCUT2D eigenvalue weighted by Gasteiger charge is 2.30. The van der Waals surface area contributed by atoms with Gasteiger partial charge < -0.3 is 10.2 Å². The summed E-state index contributed by atoms with van der Waals surface area (Å²) < 4.78 is 1.96. The summed E-state index contributed by atoms with van der Waals surface area (Å²) in [6.45, 7) is 4.67. The lowest BCUT2D eigenvalue weighted by Crippen LogP contribution is -2.33. The highest BCUT2D eigenvalue weighted by atomic mass is 16.4. The van der Waals surface area contributed by atoms with Gasteiger partial charge in [-0.2, -0.15) is 0 Å². The Bertz CT molecular complexity index is 383. The second-order valence-corrected chi connectivity index (χ2v) is 6.87. The molecule has 0 atom stereocenters. The van der Waals surface area contributed by atoms with Crippen LogP contribution in [0, 0.1) is 0 Å². The van der Waals surface area contributed by atoms with Crippen LogP contribution in [0.15, 0.2) is 0 Å². The van der Waals surface area contributed by atoms with Gasteiger partial charge in [-0.25, -0.2) is 4.79 Å². The second-order valence-electron chi connectivity index (χ2n) is 6.87. The van der Waals surface area contributed by atoms with E-state index in [0.29, 0.717) is 6.54 Å². The second kappa shape index (κ2) is 13.2. The van der Waals surface area contributed by atoms with Gasteiger partial charge in [-0.3, -0.25) is 9.48 Å². The number of carboxylic acids is 1. The number of aliphatic carboxylic acids is 1. The maximum absolute atomic E-state index is 11.0. The molecule has 0 aromatic heterocycles. The SMILES string of the molecule is CCCCCCCCCCCCC1=[N+](CC(=O)O)CCN1CCO. The third kappa shape index (κ3) is 8.67. The first-order valence-corrected chi connectivity index (χ1v) is 9.87. The van der Waals surface area contributed by atoms with E-state index < -0.39 is 5.97 Å². The molecule has 0 amide bonds. The fourth-order valence-corrected chi connectivity index (χ4v) is 3.48. The summed E-state index contributed by atoms with van der Waals surface area (Å²) >= 11 is 0. The van der Waals surface area contributed by atoms with E-state index in [0.717, 1.165) is 31.8 Å². The van der Waals surface area contributed by atoms with Crippen molar-refractivity contribution in [2.75, 3.05) is 32.8 Å². The van der Waals surface area contributed by atoms with E-state index in [2.05, 4.69) is 11.8 Å². The average molecular weight is 342 g/mol. The average Bonchev–Trinajstić information content (AvgIpc) is 2.91. The predicted octanol–water partition coefficient (Wildman–Crippen LogP) is 3.10. The maximum Gasteiger partial charge on any atom is 0.345 e. The first-order chi connectivity index (χ1) is 11.7. The van der Waals surface area contributed by atoms with Crippen LogP contribution in [-0.2, 0) is 4.79 Å². The molecule has 0 bridgehead atoms. The summed E-state index contributed by atoms with van der Waals surface area (Å²) in [6.07, 6.45) is 14.0. The van der Waals surface area contributed by atoms with E-state index in [1.165, 1.54) is 57.8 Å². The largest absolute Gasteiger partial charge is 0.478 e. The van der Waals surface area contributed by atoms with Crippen LogP contribution < -0.4 is 0 Å². The van der Waals surface area contributed by atoms with Gasteiger partial charge >= 0.3 is 5.97 Å². The number of nitrogens with zero attached hydrogens (tertiary/aromatic N) is 2. The minimum Gasteiger partial charge on any atom is -0.478 e. The number of rotatable bonds is 15. The zero-order chi connectivity index (χ0) is 17.6. The fourth-order valence-electron chi connectivity index (χ4n) is 3.48. The Morgan fingerprint density at radius 2 is 1.62 bits per heavy atom. The van der Waals surface area contributed by atoms with Crippen molar-refractivity contribution in [1.82, 2.24) is 4.90 Å². The van der Waals surface area contributed by atoms with Crippen LogP contribution in [0.3, 0.4) is 0 Å². The highest BCUT2D eigenvalue weighted by Crippen LogP contribution is 2.13. The fraction of sp³-hybridized carbons (Fsp3) is 0.895. The molecular formula is C19H37N2O3+. The molecule has 0 radical (unpaired) electrons. The number of aliphatic hydroxyl groups excluding tert-OH is 1. The first-order valence-electron chi connectivity index (χ1n) is 9.87. The Labute approximate surface area is 147 Å². The third-order valence-corrected chi connectivity index (χ3v) is 4.82. The molecule has 1 heterocycles. The van der Waals surface area contributed by atoms with E-state index in [-0.39, 0.29) is 13.2 Å². The third-order valence-electron chi connectivity index (χ3n) is 4.82. The Kier molecular flexibility index (Phi) is 11.5. The van der Waals surface area contributed by atoms with E-state index in [9.17, 15) is 4.79 Å². The van der Waals surface area contributed by atoms with Gasteiger partial charge in [0.25, 0.3) is 0 Å². The van der Waals surface area contributed by atoms with Crippen LogP contribution >= 0.6 is 0 Å². The van der Waals surface area contributed by atoms with Crippen LogP contribution in [0.1, 0.15) is 77.6 Å². The number of carbonyl (C=O) groups is 1. The quantitative estimate of drug-likeness (QED) is 0.355. The maximum atomic E-state index is 11.0. The lowest BCUT2D eigenvalue weighted by atomic mass is 10.1. The van der Waals surface area contributed by atoms with Crippen molar-refractivity contribution < 1.29 is 19.6 Å². The summed E-state index contributed by atoms with van der Waals surface area (Å²) in [5.74, 6) is 0.340. The molecule has 5 nitrogen and oxygen atoms in total. The van der Waals surface area contributed by atoms with Crippen molar-refractivity contribution in [2.45, 2.75) is 77.6 Å². The Morgan fingerprint density at radius 3 is 2.17 bits per heavy atom. The van der Waals surface area contributed by atoms with E-state index in [1.54, 1.807) is 0 Å². The Morgan fingerprint density at radius 1 is 1.04 bits per heavy atom. The number of hydrogen-bond acceptors (Lipinski definition) is 3. The molecule has 0 unspecified atom stereocenters. The van der Waals surface area contributed by atoms with Gasteiger partial charge in [0, 0.05) is 6.42 Å². The highest BCUT2D eigenvalue weighted by molar-refractivity contribution is 5.79. The molecule has 0 aliphatic carbocycles. The first kappa shape index (κ1) is 20.9. The van der Waals surface area contributed by atoms with Crippen molar-refractivity contribution >= 4 is 11.8 Å². The van der Waals surface area contributed by atoms with Crippen LogP contribution in [0.2, 0.25) is 0 Å². The van der Waals surface area contributed by atoms with Gasteiger partial charge in [-0.05, 0) is 6.42 Å². The number of aliphatic hydroxyl groups is 1. The molecule has 0 saturated heterocycles. The number of unbranched alkanes of at least 4 members (excludes halogenated alkanes) is 9. The minimum atomic E-state index is -0.776. The molecule has 5 heteroatoms. The van der Waals surface area contributed by atoms with Crippen molar-refractivity contribution in [1.29, 1.82) is 0 Å². The summed E-state index contributed by atoms with van der Waals surface area (Å²) in [7, 11) is 0. The molecule has 24 heavy (non-hydrogen) atoms. The van der Waals surface area contributed by atoms with Crippen LogP contribution in [0.5, 0.6) is 0 Å². The normalized spacial score (nSPS) is 14.7. The number of hydrogen-bond donors (Lipinski definition) is 2. The number of carboxylic acid groups (broad SMARTS) is 1. The molecule has 1 aliphatic rings. The van der Waals surface area contributed by atoms with E-state index >= 15 is 0 Å². The van der Waals surface area contributed by atoms with Crippen LogP contribution in [0.4, 0.5) is 0 Å². The molecule has 140 valence electrons. The standard InChI is InChI=1S/C19H36N2O3/c1-2-3-4-5-6-7-8-9-10-11-12-18-20(15-16-22)13-14-21(18)17-19(23)24/h22H,2-17H2,1H3/p+1. The van der Waals surface area contributed by atoms with Gasteiger partial charge in [0.2, 0.25) is 5.84 Å². The monoisotopic (exact) mass is 341 g/mol. The van der Waals surface area contributed by atoms with Gasteiger partial charge in [0.1, 0.15) is 19.6 Å². The molecule has 2 N–H and O–H groups in total. The molecule has 0 saturated carbocycles. The molecule has 0 aromatic rings. The Hall–Kier alpha value is -1.10. The van der Waals surface area contributed by atoms with Gasteiger partial charge in [-0.15, -0.1) is 0 Å². The van der Waals surface area contributed by atoms with Gasteiger partial charge in [0.15, 0.2) is 6.54 Å². The zero-order valence-corrected chi connectivity index (χ0v) is 15.5. The van der Waals surface area contributed by atoms with Crippen molar-refractivity contribution in [3.05, 3.63) is 0 Å². The molecular weight excluding hydrogens is 304 g/mol. The van der Waals surface area contributed by atoms with E-state index in [1.807, 2.05) is 4.58 Å². The van der Waals surface area contributed by atoms with Gasteiger partial charge in [0.05, 0.1) is 6.61 Å². The lowest BCUT2D eigenvalue weighted by Gasteiger charge is -2.12. The topological polar surface area (TPSA) is 63.8 Å². The lowest BCUT2D eigenvalue weighted by molar-refractivity contribution is -0.509. The van der Waals surface area contributed by atoms with Crippen molar-refractivity contribution in [2.24, 2.45) is 0 Å². The molecule has 1 aliphatic heterocycles. The summed E-state index contributed by atoms with van der Waals surface area (Å²) in [4.78, 5) is 13.1. The molecule has 1 rings (SSSR count). The van der Waals surface area contributed by atoms with Crippen LogP contribution in [0.25, 0.3) is 0 Å². The predicted molar refractivity (Wildman–Crippen MR) is 97.8 cm³/mol. The minimum absolute atomic E-state index is 0.0784. The summed E-state index contributed by atoms with van der Waals surface area (Å²) in [5.41, 5.74) is 0. The molecule has 0 spiro atoms. The number of amidine groups is 1. The van der Waals surface area contributed by atoms with Crippen LogP contribution in [-0.4, -0.2) is 64.3 Å². The van der Waals surface area contributed by atoms with Gasteiger partial charge in [-0.1, -0.05) is 64.7 Å². The Balaban J connectivity index is 2.19. The van der Waals surface area contributed by atoms with E-state index in [4.69, 9.17) is 10.2 Å².